The number of hydrogen-bond donors (Lipinski definition) is 0. The molecule has 0 N–H and O–H groups in total. The Morgan fingerprint density at radius 3 is 2.62 bits per heavy atom. The van der Waals surface area contributed by atoms with E-state index in [1.165, 1.54) is 36.1 Å². The Morgan fingerprint density at radius 2 is 1.90 bits per heavy atom. The lowest BCUT2D eigenvalue weighted by Crippen LogP contribution is -2.24. The van der Waals surface area contributed by atoms with Crippen molar-refractivity contribution in [2.24, 2.45) is 0 Å². The fourth-order valence-corrected chi connectivity index (χ4v) is 4.25. The largest absolute Gasteiger partial charge is 0.489 e. The fourth-order valence-electron chi connectivity index (χ4n) is 2.58. The lowest BCUT2D eigenvalue weighted by atomic mass is 10.0. The number of rotatable bonds is 3. The molecule has 0 unspecified atom stereocenters. The predicted molar refractivity (Wildman–Crippen MR) is 88.3 cm³/mol. The molecule has 2 aromatic rings. The quantitative estimate of drug-likeness (QED) is 0.715. The highest BCUT2D eigenvalue weighted by Gasteiger charge is 2.24. The van der Waals surface area contributed by atoms with Crippen LogP contribution < -0.4 is 8.69 Å². The maximum absolute atomic E-state index is 6.43. The van der Waals surface area contributed by atoms with Crippen LogP contribution in [-0.2, 0) is 12.8 Å². The smallest absolute Gasteiger partial charge is 0.245 e. The lowest BCUT2D eigenvalue weighted by Gasteiger charge is -2.11. The molecule has 0 saturated carbocycles. The number of hydrogen-bond acceptors (Lipinski definition) is 2. The van der Waals surface area contributed by atoms with Gasteiger partial charge in [0.25, 0.3) is 0 Å². The van der Waals surface area contributed by atoms with Gasteiger partial charge in [0, 0.05) is 17.7 Å². The minimum atomic E-state index is 0.0751. The molecule has 1 aliphatic carbocycles. The van der Waals surface area contributed by atoms with Crippen molar-refractivity contribution in [3.63, 3.8) is 0 Å². The topological polar surface area (TPSA) is 13.1 Å². The van der Waals surface area contributed by atoms with Crippen LogP contribution in [0.4, 0.5) is 0 Å². The molecule has 0 spiro atoms. The van der Waals surface area contributed by atoms with E-state index in [0.717, 1.165) is 5.69 Å². The molecular weight excluding hydrogens is 325 g/mol. The standard InChI is InChI=1S/C16H18Cl2NOS/c1-10(2)20-15-8-12(17)14(7-13(15)18)19-9-11-5-3-4-6-16(11)21-19/h7-10H,3-6H2,1-2H3/q+1. The van der Waals surface area contributed by atoms with Gasteiger partial charge in [-0.1, -0.05) is 23.2 Å². The summed E-state index contributed by atoms with van der Waals surface area (Å²) >= 11 is 14.5. The third kappa shape index (κ3) is 3.20. The van der Waals surface area contributed by atoms with Crippen molar-refractivity contribution in [1.29, 1.82) is 0 Å². The van der Waals surface area contributed by atoms with Gasteiger partial charge in [-0.15, -0.1) is 3.96 Å². The average Bonchev–Trinajstić information content (AvgIpc) is 2.85. The molecule has 3 rings (SSSR count). The molecular formula is C16H18Cl2NOS+. The van der Waals surface area contributed by atoms with Crippen LogP contribution in [0.15, 0.2) is 18.3 Å². The van der Waals surface area contributed by atoms with E-state index in [1.54, 1.807) is 11.5 Å². The van der Waals surface area contributed by atoms with Gasteiger partial charge in [-0.25, -0.2) is 0 Å². The van der Waals surface area contributed by atoms with Crippen molar-refractivity contribution in [2.45, 2.75) is 45.6 Å². The fraction of sp³-hybridized carbons (Fsp3) is 0.438. The summed E-state index contributed by atoms with van der Waals surface area (Å²) in [5, 5.41) is 1.26. The van der Waals surface area contributed by atoms with Crippen molar-refractivity contribution >= 4 is 34.7 Å². The Balaban J connectivity index is 1.98. The van der Waals surface area contributed by atoms with E-state index >= 15 is 0 Å². The molecule has 0 radical (unpaired) electrons. The summed E-state index contributed by atoms with van der Waals surface area (Å²) in [6.07, 6.45) is 7.17. The minimum absolute atomic E-state index is 0.0751. The van der Waals surface area contributed by atoms with Crippen LogP contribution in [-0.4, -0.2) is 6.10 Å². The zero-order valence-electron chi connectivity index (χ0n) is 12.2. The third-order valence-corrected chi connectivity index (χ3v) is 5.32. The van der Waals surface area contributed by atoms with Crippen molar-refractivity contribution in [3.8, 4) is 11.4 Å². The summed E-state index contributed by atoms with van der Waals surface area (Å²) in [6, 6.07) is 3.70. The molecule has 0 aliphatic heterocycles. The Hall–Kier alpha value is -0.770. The van der Waals surface area contributed by atoms with Gasteiger partial charge in [-0.05, 0) is 39.5 Å². The maximum Gasteiger partial charge on any atom is 0.245 e. The molecule has 1 aliphatic rings. The highest BCUT2D eigenvalue weighted by Crippen LogP contribution is 2.33. The zero-order chi connectivity index (χ0) is 15.0. The molecule has 112 valence electrons. The van der Waals surface area contributed by atoms with E-state index in [-0.39, 0.29) is 6.10 Å². The third-order valence-electron chi connectivity index (χ3n) is 3.54. The number of aryl methyl sites for hydroxylation is 2. The first kappa shape index (κ1) is 15.1. The van der Waals surface area contributed by atoms with Crippen LogP contribution in [0.3, 0.4) is 0 Å². The summed E-state index contributed by atoms with van der Waals surface area (Å²) in [5.41, 5.74) is 2.37. The van der Waals surface area contributed by atoms with Crippen LogP contribution in [0.25, 0.3) is 5.69 Å². The van der Waals surface area contributed by atoms with E-state index < -0.39 is 0 Å². The van der Waals surface area contributed by atoms with Crippen LogP contribution >= 0.6 is 34.7 Å². The van der Waals surface area contributed by atoms with E-state index in [9.17, 15) is 0 Å². The van der Waals surface area contributed by atoms with Crippen molar-refractivity contribution < 1.29 is 8.69 Å². The summed E-state index contributed by atoms with van der Waals surface area (Å²) in [5.74, 6) is 0.641. The number of fused-ring (bicyclic) bond motifs is 1. The monoisotopic (exact) mass is 342 g/mol. The van der Waals surface area contributed by atoms with Crippen LogP contribution in [0, 0.1) is 0 Å². The zero-order valence-corrected chi connectivity index (χ0v) is 14.5. The molecule has 1 aromatic carbocycles. The van der Waals surface area contributed by atoms with Gasteiger partial charge in [0.15, 0.2) is 6.20 Å². The lowest BCUT2D eigenvalue weighted by molar-refractivity contribution is -0.520. The van der Waals surface area contributed by atoms with Gasteiger partial charge in [-0.2, -0.15) is 0 Å². The Labute approximate surface area is 139 Å². The summed E-state index contributed by atoms with van der Waals surface area (Å²) in [7, 11) is 0. The van der Waals surface area contributed by atoms with E-state index in [4.69, 9.17) is 27.9 Å². The number of ether oxygens (including phenoxy) is 1. The number of aromatic nitrogens is 1. The first-order valence-corrected chi connectivity index (χ1v) is 8.77. The first-order chi connectivity index (χ1) is 10.0. The SMILES string of the molecule is CC(C)Oc1cc(Cl)c(-[n+]2cc3c(s2)CCCC3)cc1Cl. The highest BCUT2D eigenvalue weighted by molar-refractivity contribution is 7.02. The van der Waals surface area contributed by atoms with Crippen molar-refractivity contribution in [3.05, 3.63) is 38.8 Å². The number of halogens is 2. The predicted octanol–water partition coefficient (Wildman–Crippen LogP) is 5.00. The molecule has 0 saturated heterocycles. The summed E-state index contributed by atoms with van der Waals surface area (Å²) < 4.78 is 7.80. The second kappa shape index (κ2) is 6.15. The number of nitrogens with zero attached hydrogens (tertiary/aromatic N) is 1. The van der Waals surface area contributed by atoms with Crippen LogP contribution in [0.1, 0.15) is 37.1 Å². The molecule has 0 fully saturated rings. The minimum Gasteiger partial charge on any atom is -0.489 e. The average molecular weight is 343 g/mol. The Bertz CT molecular complexity index is 643. The summed E-state index contributed by atoms with van der Waals surface area (Å²) in [6.45, 7) is 3.94. The molecule has 1 heterocycles. The first-order valence-electron chi connectivity index (χ1n) is 7.24. The van der Waals surface area contributed by atoms with Crippen molar-refractivity contribution in [1.82, 2.24) is 0 Å². The Morgan fingerprint density at radius 1 is 1.14 bits per heavy atom. The van der Waals surface area contributed by atoms with Gasteiger partial charge in [0.2, 0.25) is 5.69 Å². The maximum atomic E-state index is 6.43. The Kier molecular flexibility index (Phi) is 4.43. The normalized spacial score (nSPS) is 14.3. The second-order valence-corrected chi connectivity index (χ2v) is 7.49. The molecule has 5 heteroatoms. The molecule has 1 aromatic heterocycles. The van der Waals surface area contributed by atoms with E-state index in [1.807, 2.05) is 26.0 Å². The molecule has 21 heavy (non-hydrogen) atoms. The highest BCUT2D eigenvalue weighted by atomic mass is 35.5. The van der Waals surface area contributed by atoms with Gasteiger partial charge in [0.1, 0.15) is 22.3 Å². The van der Waals surface area contributed by atoms with Gasteiger partial charge in [0.05, 0.1) is 16.0 Å². The molecule has 0 bridgehead atoms. The second-order valence-electron chi connectivity index (χ2n) is 5.60. The molecule has 2 nitrogen and oxygen atoms in total. The summed E-state index contributed by atoms with van der Waals surface area (Å²) in [4.78, 5) is 1.47. The van der Waals surface area contributed by atoms with E-state index in [2.05, 4.69) is 10.2 Å². The molecule has 0 atom stereocenters. The molecule has 0 amide bonds. The van der Waals surface area contributed by atoms with E-state index in [0.29, 0.717) is 15.8 Å². The van der Waals surface area contributed by atoms with Gasteiger partial charge in [-0.3, -0.25) is 0 Å². The van der Waals surface area contributed by atoms with Gasteiger partial charge < -0.3 is 4.74 Å². The van der Waals surface area contributed by atoms with Crippen LogP contribution in [0.5, 0.6) is 5.75 Å². The van der Waals surface area contributed by atoms with Crippen LogP contribution in [0.2, 0.25) is 10.0 Å². The van der Waals surface area contributed by atoms with Crippen molar-refractivity contribution in [2.75, 3.05) is 0 Å². The van der Waals surface area contributed by atoms with Gasteiger partial charge >= 0.3 is 0 Å². The number of benzene rings is 1.